The SMILES string of the molecule is CS(=O)(=O)N(CC(=O)Nc1ccccc1C#N)C1CCCCC1. The van der Waals surface area contributed by atoms with Crippen molar-refractivity contribution in [2.24, 2.45) is 0 Å². The van der Waals surface area contributed by atoms with Gasteiger partial charge in [-0.05, 0) is 25.0 Å². The minimum atomic E-state index is -3.46. The first-order chi connectivity index (χ1) is 10.9. The van der Waals surface area contributed by atoms with Crippen molar-refractivity contribution in [1.29, 1.82) is 5.26 Å². The quantitative estimate of drug-likeness (QED) is 0.892. The van der Waals surface area contributed by atoms with Gasteiger partial charge in [-0.25, -0.2) is 8.42 Å². The molecule has 124 valence electrons. The monoisotopic (exact) mass is 335 g/mol. The Kier molecular flexibility index (Phi) is 5.74. The van der Waals surface area contributed by atoms with E-state index in [-0.39, 0.29) is 12.6 Å². The molecule has 0 aromatic heterocycles. The highest BCUT2D eigenvalue weighted by Gasteiger charge is 2.29. The number of carbonyl (C=O) groups is 1. The van der Waals surface area contributed by atoms with Gasteiger partial charge in [-0.15, -0.1) is 0 Å². The van der Waals surface area contributed by atoms with Crippen LogP contribution < -0.4 is 5.32 Å². The van der Waals surface area contributed by atoms with Crippen LogP contribution >= 0.6 is 0 Å². The maximum absolute atomic E-state index is 12.3. The molecule has 1 aromatic rings. The van der Waals surface area contributed by atoms with E-state index in [1.54, 1.807) is 24.3 Å². The normalized spacial score (nSPS) is 16.0. The van der Waals surface area contributed by atoms with Crippen molar-refractivity contribution in [2.45, 2.75) is 38.1 Å². The van der Waals surface area contributed by atoms with Gasteiger partial charge in [0.2, 0.25) is 15.9 Å². The zero-order chi connectivity index (χ0) is 16.9. The summed E-state index contributed by atoms with van der Waals surface area (Å²) < 4.78 is 25.4. The molecule has 7 heteroatoms. The number of benzene rings is 1. The first-order valence-corrected chi connectivity index (χ1v) is 9.52. The second kappa shape index (κ2) is 7.57. The molecular weight excluding hydrogens is 314 g/mol. The Morgan fingerprint density at radius 3 is 2.57 bits per heavy atom. The molecule has 1 N–H and O–H groups in total. The highest BCUT2D eigenvalue weighted by molar-refractivity contribution is 7.88. The summed E-state index contributed by atoms with van der Waals surface area (Å²) in [6.45, 7) is -0.219. The van der Waals surface area contributed by atoms with Crippen LogP contribution in [0.4, 0.5) is 5.69 Å². The zero-order valence-corrected chi connectivity index (χ0v) is 14.0. The van der Waals surface area contributed by atoms with E-state index in [2.05, 4.69) is 5.32 Å². The lowest BCUT2D eigenvalue weighted by Gasteiger charge is -2.31. The molecule has 0 heterocycles. The molecule has 0 bridgehead atoms. The number of anilines is 1. The van der Waals surface area contributed by atoms with Gasteiger partial charge >= 0.3 is 0 Å². The summed E-state index contributed by atoms with van der Waals surface area (Å²) in [5, 5.41) is 11.7. The molecule has 1 amide bonds. The number of rotatable bonds is 5. The largest absolute Gasteiger partial charge is 0.324 e. The predicted molar refractivity (Wildman–Crippen MR) is 88.2 cm³/mol. The second-order valence-electron chi connectivity index (χ2n) is 5.81. The van der Waals surface area contributed by atoms with E-state index in [9.17, 15) is 13.2 Å². The molecule has 1 aromatic carbocycles. The third-order valence-corrected chi connectivity index (χ3v) is 5.31. The van der Waals surface area contributed by atoms with E-state index < -0.39 is 15.9 Å². The average Bonchev–Trinajstić information content (AvgIpc) is 2.53. The number of nitrogens with zero attached hydrogens (tertiary/aromatic N) is 2. The van der Waals surface area contributed by atoms with Gasteiger partial charge in [-0.1, -0.05) is 31.4 Å². The zero-order valence-electron chi connectivity index (χ0n) is 13.2. The highest BCUT2D eigenvalue weighted by Crippen LogP contribution is 2.24. The number of para-hydroxylation sites is 1. The van der Waals surface area contributed by atoms with Crippen molar-refractivity contribution < 1.29 is 13.2 Å². The van der Waals surface area contributed by atoms with Gasteiger partial charge in [0.05, 0.1) is 24.1 Å². The molecule has 23 heavy (non-hydrogen) atoms. The lowest BCUT2D eigenvalue weighted by molar-refractivity contribution is -0.116. The summed E-state index contributed by atoms with van der Waals surface area (Å²) in [5.74, 6) is -0.427. The van der Waals surface area contributed by atoms with Crippen LogP contribution in [0.1, 0.15) is 37.7 Å². The lowest BCUT2D eigenvalue weighted by Crippen LogP contribution is -2.45. The fraction of sp³-hybridized carbons (Fsp3) is 0.500. The van der Waals surface area contributed by atoms with Crippen LogP contribution in [0.2, 0.25) is 0 Å². The van der Waals surface area contributed by atoms with Gasteiger partial charge < -0.3 is 5.32 Å². The van der Waals surface area contributed by atoms with E-state index in [0.717, 1.165) is 38.4 Å². The Morgan fingerprint density at radius 2 is 1.96 bits per heavy atom. The molecule has 1 fully saturated rings. The molecule has 2 rings (SSSR count). The van der Waals surface area contributed by atoms with Crippen molar-refractivity contribution >= 4 is 21.6 Å². The van der Waals surface area contributed by atoms with Gasteiger partial charge in [0.1, 0.15) is 6.07 Å². The number of hydrogen-bond donors (Lipinski definition) is 1. The first kappa shape index (κ1) is 17.4. The Bertz CT molecular complexity index is 704. The number of amides is 1. The minimum Gasteiger partial charge on any atom is -0.324 e. The molecule has 1 aliphatic carbocycles. The summed E-state index contributed by atoms with van der Waals surface area (Å²) >= 11 is 0. The van der Waals surface area contributed by atoms with E-state index in [0.29, 0.717) is 11.3 Å². The molecule has 0 unspecified atom stereocenters. The first-order valence-electron chi connectivity index (χ1n) is 7.67. The van der Waals surface area contributed by atoms with Crippen molar-refractivity contribution in [3.05, 3.63) is 29.8 Å². The Morgan fingerprint density at radius 1 is 1.30 bits per heavy atom. The fourth-order valence-corrected chi connectivity index (χ4v) is 4.01. The molecule has 0 aliphatic heterocycles. The lowest BCUT2D eigenvalue weighted by atomic mass is 9.95. The highest BCUT2D eigenvalue weighted by atomic mass is 32.2. The van der Waals surface area contributed by atoms with Crippen molar-refractivity contribution in [1.82, 2.24) is 4.31 Å². The van der Waals surface area contributed by atoms with E-state index in [1.165, 1.54) is 4.31 Å². The molecule has 0 spiro atoms. The number of carbonyl (C=O) groups excluding carboxylic acids is 1. The Hall–Kier alpha value is -1.91. The third-order valence-electron chi connectivity index (χ3n) is 4.03. The molecule has 1 aliphatic rings. The Labute approximate surface area is 137 Å². The summed E-state index contributed by atoms with van der Waals surface area (Å²) in [6.07, 6.45) is 5.78. The van der Waals surface area contributed by atoms with Crippen LogP contribution in [0.5, 0.6) is 0 Å². The summed E-state index contributed by atoms with van der Waals surface area (Å²) in [6, 6.07) is 8.54. The average molecular weight is 335 g/mol. The summed E-state index contributed by atoms with van der Waals surface area (Å²) in [4.78, 5) is 12.3. The van der Waals surface area contributed by atoms with E-state index >= 15 is 0 Å². The number of nitriles is 1. The summed E-state index contributed by atoms with van der Waals surface area (Å²) in [5.41, 5.74) is 0.751. The van der Waals surface area contributed by atoms with Gasteiger partial charge in [0, 0.05) is 6.04 Å². The molecule has 1 saturated carbocycles. The van der Waals surface area contributed by atoms with Crippen LogP contribution in [0.25, 0.3) is 0 Å². The van der Waals surface area contributed by atoms with Gasteiger partial charge in [-0.2, -0.15) is 9.57 Å². The molecule has 0 radical (unpaired) electrons. The predicted octanol–water partition coefficient (Wildman–Crippen LogP) is 2.09. The van der Waals surface area contributed by atoms with Crippen molar-refractivity contribution in [3.8, 4) is 6.07 Å². The molecule has 0 atom stereocenters. The molecular formula is C16H21N3O3S. The van der Waals surface area contributed by atoms with Gasteiger partial charge in [0.25, 0.3) is 0 Å². The van der Waals surface area contributed by atoms with Crippen LogP contribution in [-0.4, -0.2) is 37.5 Å². The second-order valence-corrected chi connectivity index (χ2v) is 7.74. The van der Waals surface area contributed by atoms with Gasteiger partial charge in [-0.3, -0.25) is 4.79 Å². The number of nitrogens with one attached hydrogen (secondary N) is 1. The van der Waals surface area contributed by atoms with Crippen LogP contribution in [-0.2, 0) is 14.8 Å². The standard InChI is InChI=1S/C16H21N3O3S/c1-23(21,22)19(14-8-3-2-4-9-14)12-16(20)18-15-10-6-5-7-13(15)11-17/h5-7,10,14H,2-4,8-9,12H2,1H3,(H,18,20). The van der Waals surface area contributed by atoms with Crippen LogP contribution in [0, 0.1) is 11.3 Å². The minimum absolute atomic E-state index is 0.115. The molecule has 0 saturated heterocycles. The number of sulfonamides is 1. The van der Waals surface area contributed by atoms with Crippen LogP contribution in [0.3, 0.4) is 0 Å². The van der Waals surface area contributed by atoms with E-state index in [4.69, 9.17) is 5.26 Å². The van der Waals surface area contributed by atoms with Crippen molar-refractivity contribution in [3.63, 3.8) is 0 Å². The Balaban J connectivity index is 2.10. The molecule has 6 nitrogen and oxygen atoms in total. The maximum Gasteiger partial charge on any atom is 0.239 e. The van der Waals surface area contributed by atoms with Gasteiger partial charge in [0.15, 0.2) is 0 Å². The third kappa shape index (κ3) is 4.78. The van der Waals surface area contributed by atoms with Crippen LogP contribution in [0.15, 0.2) is 24.3 Å². The fourth-order valence-electron chi connectivity index (χ4n) is 2.91. The topological polar surface area (TPSA) is 90.3 Å². The van der Waals surface area contributed by atoms with Crippen molar-refractivity contribution in [2.75, 3.05) is 18.1 Å². The number of hydrogen-bond acceptors (Lipinski definition) is 4. The van der Waals surface area contributed by atoms with E-state index in [1.807, 2.05) is 6.07 Å². The maximum atomic E-state index is 12.3. The smallest absolute Gasteiger partial charge is 0.239 e. The summed E-state index contributed by atoms with van der Waals surface area (Å²) in [7, 11) is -3.46.